The Morgan fingerprint density at radius 3 is 2.59 bits per heavy atom. The first kappa shape index (κ1) is 18.8. The van der Waals surface area contributed by atoms with Crippen LogP contribution in [0.15, 0.2) is 48.5 Å². The Bertz CT molecular complexity index is 962. The molecule has 0 aliphatic carbocycles. The van der Waals surface area contributed by atoms with Gasteiger partial charge in [0.15, 0.2) is 0 Å². The lowest BCUT2D eigenvalue weighted by molar-refractivity contribution is 0.259. The normalized spacial score (nSPS) is 10.4. The van der Waals surface area contributed by atoms with E-state index in [0.29, 0.717) is 36.1 Å². The molecule has 138 valence electrons. The van der Waals surface area contributed by atoms with E-state index in [1.165, 1.54) is 0 Å². The van der Waals surface area contributed by atoms with Gasteiger partial charge < -0.3 is 9.47 Å². The third kappa shape index (κ3) is 4.24. The number of hydrogen-bond donors (Lipinski definition) is 0. The van der Waals surface area contributed by atoms with Crippen LogP contribution in [0.3, 0.4) is 0 Å². The van der Waals surface area contributed by atoms with E-state index in [1.807, 2.05) is 48.9 Å². The fraction of sp³-hybridized carbons (Fsp3) is 0.238. The first-order valence-electron chi connectivity index (χ1n) is 8.72. The Balaban J connectivity index is 1.77. The number of nitrogens with zero attached hydrogens (tertiary/aromatic N) is 3. The molecule has 0 N–H and O–H groups in total. The summed E-state index contributed by atoms with van der Waals surface area (Å²) in [7, 11) is 0. The number of nitriles is 1. The molecular formula is C21H20ClN3O2. The van der Waals surface area contributed by atoms with Crippen LogP contribution in [0.25, 0.3) is 11.3 Å². The molecule has 0 radical (unpaired) electrons. The first-order chi connectivity index (χ1) is 13.1. The molecule has 1 heterocycles. The van der Waals surface area contributed by atoms with Crippen LogP contribution in [0.4, 0.5) is 0 Å². The number of aromatic nitrogens is 2. The van der Waals surface area contributed by atoms with Crippen molar-refractivity contribution in [1.29, 1.82) is 5.26 Å². The third-order valence-corrected chi connectivity index (χ3v) is 4.38. The molecule has 0 spiro atoms. The highest BCUT2D eigenvalue weighted by molar-refractivity contribution is 6.32. The van der Waals surface area contributed by atoms with Gasteiger partial charge in [0.25, 0.3) is 0 Å². The molecule has 0 saturated heterocycles. The molecule has 0 unspecified atom stereocenters. The molecule has 0 aliphatic rings. The van der Waals surface area contributed by atoms with E-state index in [0.717, 1.165) is 22.7 Å². The summed E-state index contributed by atoms with van der Waals surface area (Å²) in [5.41, 5.74) is 3.45. The maximum Gasteiger partial charge on any atom is 0.215 e. The van der Waals surface area contributed by atoms with Crippen LogP contribution >= 0.6 is 11.6 Å². The van der Waals surface area contributed by atoms with Crippen molar-refractivity contribution in [3.05, 3.63) is 64.7 Å². The average Bonchev–Trinajstić information content (AvgIpc) is 3.00. The van der Waals surface area contributed by atoms with Crippen molar-refractivity contribution in [3.8, 4) is 29.0 Å². The summed E-state index contributed by atoms with van der Waals surface area (Å²) in [6.07, 6.45) is 0. The minimum atomic E-state index is 0.376. The van der Waals surface area contributed by atoms with Gasteiger partial charge >= 0.3 is 0 Å². The summed E-state index contributed by atoms with van der Waals surface area (Å²) in [5.74, 6) is 1.28. The quantitative estimate of drug-likeness (QED) is 0.586. The molecule has 2 aromatic carbocycles. The molecule has 6 heteroatoms. The third-order valence-electron chi connectivity index (χ3n) is 4.08. The van der Waals surface area contributed by atoms with Crippen molar-refractivity contribution < 1.29 is 9.47 Å². The van der Waals surface area contributed by atoms with Crippen LogP contribution in [0.5, 0.6) is 11.6 Å². The molecule has 0 aliphatic heterocycles. The van der Waals surface area contributed by atoms with Crippen molar-refractivity contribution in [1.82, 2.24) is 9.78 Å². The Morgan fingerprint density at radius 1 is 1.15 bits per heavy atom. The highest BCUT2D eigenvalue weighted by Gasteiger charge is 2.17. The molecule has 0 amide bonds. The standard InChI is InChI=1S/C21H20ClN3O2/c1-3-26-21-15(2)20(17-7-5-4-6-8-17)24-25(21)11-12-27-19-10-9-16(14-23)13-18(19)22/h4-10,13H,3,11-12H2,1-2H3. The smallest absolute Gasteiger partial charge is 0.215 e. The zero-order valence-corrected chi connectivity index (χ0v) is 16.0. The second-order valence-electron chi connectivity index (χ2n) is 5.91. The van der Waals surface area contributed by atoms with Gasteiger partial charge in [-0.1, -0.05) is 41.9 Å². The van der Waals surface area contributed by atoms with Crippen LogP contribution in [0.2, 0.25) is 5.02 Å². The number of ether oxygens (including phenoxy) is 2. The zero-order valence-electron chi connectivity index (χ0n) is 15.3. The van der Waals surface area contributed by atoms with Crippen molar-refractivity contribution in [3.63, 3.8) is 0 Å². The molecule has 0 bridgehead atoms. The molecule has 3 aromatic rings. The number of rotatable bonds is 7. The van der Waals surface area contributed by atoms with Crippen molar-refractivity contribution in [2.24, 2.45) is 0 Å². The molecule has 1 aromatic heterocycles. The lowest BCUT2D eigenvalue weighted by Gasteiger charge is -2.11. The largest absolute Gasteiger partial charge is 0.490 e. The Hall–Kier alpha value is -2.97. The predicted molar refractivity (Wildman–Crippen MR) is 105 cm³/mol. The van der Waals surface area contributed by atoms with Crippen LogP contribution in [0.1, 0.15) is 18.1 Å². The second kappa shape index (κ2) is 8.61. The Kier molecular flexibility index (Phi) is 6.00. The summed E-state index contributed by atoms with van der Waals surface area (Å²) in [6, 6.07) is 17.0. The van der Waals surface area contributed by atoms with Gasteiger partial charge in [0, 0.05) is 11.1 Å². The lowest BCUT2D eigenvalue weighted by atomic mass is 10.1. The maximum absolute atomic E-state index is 8.91. The van der Waals surface area contributed by atoms with Gasteiger partial charge in [0.1, 0.15) is 12.4 Å². The number of hydrogen-bond acceptors (Lipinski definition) is 4. The lowest BCUT2D eigenvalue weighted by Crippen LogP contribution is -2.12. The molecular weight excluding hydrogens is 362 g/mol. The van der Waals surface area contributed by atoms with Gasteiger partial charge in [-0.25, -0.2) is 4.68 Å². The molecule has 0 saturated carbocycles. The van der Waals surface area contributed by atoms with E-state index in [4.69, 9.17) is 31.4 Å². The van der Waals surface area contributed by atoms with Gasteiger partial charge in [-0.05, 0) is 32.0 Å². The minimum absolute atomic E-state index is 0.376. The SMILES string of the molecule is CCOc1c(C)c(-c2ccccc2)nn1CCOc1ccc(C#N)cc1Cl. The van der Waals surface area contributed by atoms with Crippen molar-refractivity contribution in [2.75, 3.05) is 13.2 Å². The fourth-order valence-electron chi connectivity index (χ4n) is 2.81. The van der Waals surface area contributed by atoms with Crippen LogP contribution < -0.4 is 9.47 Å². The van der Waals surface area contributed by atoms with E-state index in [2.05, 4.69) is 6.07 Å². The zero-order chi connectivity index (χ0) is 19.2. The van der Waals surface area contributed by atoms with Gasteiger partial charge in [0.2, 0.25) is 5.88 Å². The Morgan fingerprint density at radius 2 is 1.93 bits per heavy atom. The molecule has 0 atom stereocenters. The maximum atomic E-state index is 8.91. The van der Waals surface area contributed by atoms with E-state index in [9.17, 15) is 0 Å². The van der Waals surface area contributed by atoms with Crippen molar-refractivity contribution >= 4 is 11.6 Å². The summed E-state index contributed by atoms with van der Waals surface area (Å²) in [5, 5.41) is 14.0. The molecule has 27 heavy (non-hydrogen) atoms. The van der Waals surface area contributed by atoms with Gasteiger partial charge in [0.05, 0.1) is 35.5 Å². The Labute approximate surface area is 163 Å². The van der Waals surface area contributed by atoms with Crippen molar-refractivity contribution in [2.45, 2.75) is 20.4 Å². The highest BCUT2D eigenvalue weighted by atomic mass is 35.5. The van der Waals surface area contributed by atoms with E-state index in [1.54, 1.807) is 18.2 Å². The summed E-state index contributed by atoms with van der Waals surface area (Å²) in [4.78, 5) is 0. The first-order valence-corrected chi connectivity index (χ1v) is 9.10. The average molecular weight is 382 g/mol. The van der Waals surface area contributed by atoms with E-state index >= 15 is 0 Å². The molecule has 0 fully saturated rings. The van der Waals surface area contributed by atoms with Gasteiger partial charge in [-0.2, -0.15) is 10.4 Å². The molecule has 3 rings (SSSR count). The highest BCUT2D eigenvalue weighted by Crippen LogP contribution is 2.30. The second-order valence-corrected chi connectivity index (χ2v) is 6.31. The monoisotopic (exact) mass is 381 g/mol. The summed E-state index contributed by atoms with van der Waals surface area (Å²) < 4.78 is 13.4. The predicted octanol–water partition coefficient (Wildman–Crippen LogP) is 4.86. The fourth-order valence-corrected chi connectivity index (χ4v) is 3.04. The molecule has 5 nitrogen and oxygen atoms in total. The van der Waals surface area contributed by atoms with Crippen LogP contribution in [-0.4, -0.2) is 23.0 Å². The van der Waals surface area contributed by atoms with Crippen LogP contribution in [0, 0.1) is 18.3 Å². The number of halogens is 1. The summed E-state index contributed by atoms with van der Waals surface area (Å²) in [6.45, 7) is 5.41. The van der Waals surface area contributed by atoms with Gasteiger partial charge in [-0.3, -0.25) is 0 Å². The van der Waals surface area contributed by atoms with Crippen LogP contribution in [-0.2, 0) is 6.54 Å². The topological polar surface area (TPSA) is 60.1 Å². The van der Waals surface area contributed by atoms with E-state index in [-0.39, 0.29) is 0 Å². The number of benzene rings is 2. The minimum Gasteiger partial charge on any atom is -0.490 e. The van der Waals surface area contributed by atoms with Gasteiger partial charge in [-0.15, -0.1) is 0 Å². The summed E-state index contributed by atoms with van der Waals surface area (Å²) >= 11 is 6.16. The van der Waals surface area contributed by atoms with E-state index < -0.39 is 0 Å².